The second-order valence-corrected chi connectivity index (χ2v) is 4.18. The summed E-state index contributed by atoms with van der Waals surface area (Å²) in [5.41, 5.74) is 7.91. The summed E-state index contributed by atoms with van der Waals surface area (Å²) < 4.78 is 10.7. The fourth-order valence-electron chi connectivity index (χ4n) is 2.09. The van der Waals surface area contributed by atoms with Crippen molar-refractivity contribution in [3.63, 3.8) is 0 Å². The predicted molar refractivity (Wildman–Crippen MR) is 70.6 cm³/mol. The number of nitrogens with zero attached hydrogens (tertiary/aromatic N) is 1. The standard InChI is InChI=1S/C14H20N2O2/c1-5-10(8-15)13(16)11-6-7-12(17-3)9(2)14(11)18-4/h6-7,10,13H,5,16H2,1-4H3. The molecule has 1 aromatic rings. The number of nitriles is 1. The molecular formula is C14H20N2O2. The topological polar surface area (TPSA) is 68.3 Å². The van der Waals surface area contributed by atoms with Crippen LogP contribution in [0, 0.1) is 24.2 Å². The zero-order valence-corrected chi connectivity index (χ0v) is 11.4. The molecule has 0 aliphatic heterocycles. The van der Waals surface area contributed by atoms with E-state index in [0.29, 0.717) is 12.2 Å². The first-order valence-corrected chi connectivity index (χ1v) is 5.97. The van der Waals surface area contributed by atoms with Crippen LogP contribution in [0.25, 0.3) is 0 Å². The van der Waals surface area contributed by atoms with Gasteiger partial charge in [0.1, 0.15) is 11.5 Å². The van der Waals surface area contributed by atoms with E-state index in [9.17, 15) is 0 Å². The van der Waals surface area contributed by atoms with Gasteiger partial charge in [0.15, 0.2) is 0 Å². The van der Waals surface area contributed by atoms with Gasteiger partial charge in [-0.25, -0.2) is 0 Å². The van der Waals surface area contributed by atoms with Crippen molar-refractivity contribution >= 4 is 0 Å². The van der Waals surface area contributed by atoms with Crippen molar-refractivity contribution in [2.75, 3.05) is 14.2 Å². The minimum Gasteiger partial charge on any atom is -0.496 e. The Morgan fingerprint density at radius 3 is 2.44 bits per heavy atom. The molecule has 0 saturated carbocycles. The molecule has 0 saturated heterocycles. The molecule has 4 nitrogen and oxygen atoms in total. The Morgan fingerprint density at radius 2 is 2.00 bits per heavy atom. The van der Waals surface area contributed by atoms with Gasteiger partial charge in [0.05, 0.1) is 26.2 Å². The van der Waals surface area contributed by atoms with E-state index in [-0.39, 0.29) is 12.0 Å². The average Bonchev–Trinajstić information content (AvgIpc) is 2.39. The Hall–Kier alpha value is -1.73. The van der Waals surface area contributed by atoms with Crippen LogP contribution in [0.2, 0.25) is 0 Å². The molecule has 0 aliphatic carbocycles. The van der Waals surface area contributed by atoms with Crippen LogP contribution in [0.4, 0.5) is 0 Å². The van der Waals surface area contributed by atoms with Crippen LogP contribution in [0.5, 0.6) is 11.5 Å². The molecule has 0 fully saturated rings. The number of ether oxygens (including phenoxy) is 2. The van der Waals surface area contributed by atoms with Crippen molar-refractivity contribution < 1.29 is 9.47 Å². The average molecular weight is 248 g/mol. The summed E-state index contributed by atoms with van der Waals surface area (Å²) in [6, 6.07) is 5.62. The highest BCUT2D eigenvalue weighted by atomic mass is 16.5. The maximum Gasteiger partial charge on any atom is 0.130 e. The molecule has 0 amide bonds. The smallest absolute Gasteiger partial charge is 0.130 e. The molecule has 1 aromatic carbocycles. The molecular weight excluding hydrogens is 228 g/mol. The second-order valence-electron chi connectivity index (χ2n) is 4.18. The first kappa shape index (κ1) is 14.3. The van der Waals surface area contributed by atoms with E-state index in [4.69, 9.17) is 20.5 Å². The molecule has 18 heavy (non-hydrogen) atoms. The lowest BCUT2D eigenvalue weighted by Gasteiger charge is -2.21. The Balaban J connectivity index is 3.25. The molecule has 0 heterocycles. The first-order valence-electron chi connectivity index (χ1n) is 5.97. The number of rotatable bonds is 5. The number of benzene rings is 1. The van der Waals surface area contributed by atoms with Crippen LogP contribution in [-0.2, 0) is 0 Å². The molecule has 2 atom stereocenters. The monoisotopic (exact) mass is 248 g/mol. The number of methoxy groups -OCH3 is 2. The molecule has 0 spiro atoms. The fraction of sp³-hybridized carbons (Fsp3) is 0.500. The quantitative estimate of drug-likeness (QED) is 0.869. The summed E-state index contributed by atoms with van der Waals surface area (Å²) in [4.78, 5) is 0. The van der Waals surface area contributed by atoms with Gasteiger partial charge in [0.2, 0.25) is 0 Å². The molecule has 4 heteroatoms. The van der Waals surface area contributed by atoms with Gasteiger partial charge < -0.3 is 15.2 Å². The molecule has 0 aromatic heterocycles. The van der Waals surface area contributed by atoms with E-state index in [2.05, 4.69) is 6.07 Å². The summed E-state index contributed by atoms with van der Waals surface area (Å²) in [7, 11) is 3.22. The highest BCUT2D eigenvalue weighted by molar-refractivity contribution is 5.50. The van der Waals surface area contributed by atoms with Crippen LogP contribution >= 0.6 is 0 Å². The van der Waals surface area contributed by atoms with Crippen molar-refractivity contribution in [1.29, 1.82) is 5.26 Å². The maximum absolute atomic E-state index is 9.10. The lowest BCUT2D eigenvalue weighted by atomic mass is 9.91. The van der Waals surface area contributed by atoms with Crippen LogP contribution < -0.4 is 15.2 Å². The second kappa shape index (κ2) is 6.27. The summed E-state index contributed by atoms with van der Waals surface area (Å²) in [6.07, 6.45) is 0.714. The largest absolute Gasteiger partial charge is 0.496 e. The van der Waals surface area contributed by atoms with E-state index < -0.39 is 0 Å². The molecule has 0 radical (unpaired) electrons. The minimum absolute atomic E-state index is 0.216. The maximum atomic E-state index is 9.10. The lowest BCUT2D eigenvalue weighted by molar-refractivity contribution is 0.378. The molecule has 2 unspecified atom stereocenters. The fourth-order valence-corrected chi connectivity index (χ4v) is 2.09. The SMILES string of the molecule is CCC(C#N)C(N)c1ccc(OC)c(C)c1OC. The zero-order chi connectivity index (χ0) is 13.7. The van der Waals surface area contributed by atoms with E-state index in [1.54, 1.807) is 14.2 Å². The highest BCUT2D eigenvalue weighted by Crippen LogP contribution is 2.36. The number of hydrogen-bond donors (Lipinski definition) is 1. The van der Waals surface area contributed by atoms with Crippen molar-refractivity contribution in [1.82, 2.24) is 0 Å². The van der Waals surface area contributed by atoms with Crippen molar-refractivity contribution in [2.24, 2.45) is 11.7 Å². The van der Waals surface area contributed by atoms with Gasteiger partial charge in [-0.15, -0.1) is 0 Å². The Morgan fingerprint density at radius 1 is 1.33 bits per heavy atom. The predicted octanol–water partition coefficient (Wildman–Crippen LogP) is 2.56. The zero-order valence-electron chi connectivity index (χ0n) is 11.4. The van der Waals surface area contributed by atoms with Gasteiger partial charge in [-0.05, 0) is 19.4 Å². The van der Waals surface area contributed by atoms with E-state index in [1.165, 1.54) is 0 Å². The first-order chi connectivity index (χ1) is 8.60. The normalized spacial score (nSPS) is 13.6. The van der Waals surface area contributed by atoms with Gasteiger partial charge in [-0.1, -0.05) is 13.0 Å². The van der Waals surface area contributed by atoms with Crippen molar-refractivity contribution in [3.8, 4) is 17.6 Å². The lowest BCUT2D eigenvalue weighted by Crippen LogP contribution is -2.20. The van der Waals surface area contributed by atoms with E-state index in [1.807, 2.05) is 26.0 Å². The Labute approximate surface area is 108 Å². The van der Waals surface area contributed by atoms with Crippen LogP contribution in [0.15, 0.2) is 12.1 Å². The van der Waals surface area contributed by atoms with Gasteiger partial charge in [-0.3, -0.25) is 0 Å². The number of hydrogen-bond acceptors (Lipinski definition) is 4. The van der Waals surface area contributed by atoms with Crippen LogP contribution in [-0.4, -0.2) is 14.2 Å². The van der Waals surface area contributed by atoms with Crippen molar-refractivity contribution in [3.05, 3.63) is 23.3 Å². The Bertz CT molecular complexity index is 452. The van der Waals surface area contributed by atoms with Crippen LogP contribution in [0.3, 0.4) is 0 Å². The third-order valence-corrected chi connectivity index (χ3v) is 3.21. The summed E-state index contributed by atoms with van der Waals surface area (Å²) in [5, 5.41) is 9.10. The van der Waals surface area contributed by atoms with Crippen LogP contribution in [0.1, 0.15) is 30.5 Å². The molecule has 1 rings (SSSR count). The third-order valence-electron chi connectivity index (χ3n) is 3.21. The van der Waals surface area contributed by atoms with E-state index >= 15 is 0 Å². The van der Waals surface area contributed by atoms with Crippen molar-refractivity contribution in [2.45, 2.75) is 26.3 Å². The van der Waals surface area contributed by atoms with Gasteiger partial charge in [0, 0.05) is 17.2 Å². The third kappa shape index (κ3) is 2.57. The number of nitrogens with two attached hydrogens (primary N) is 1. The van der Waals surface area contributed by atoms with Gasteiger partial charge in [0.25, 0.3) is 0 Å². The van der Waals surface area contributed by atoms with E-state index in [0.717, 1.165) is 16.9 Å². The summed E-state index contributed by atoms with van der Waals surface area (Å²) >= 11 is 0. The molecule has 98 valence electrons. The summed E-state index contributed by atoms with van der Waals surface area (Å²) in [5.74, 6) is 1.25. The highest BCUT2D eigenvalue weighted by Gasteiger charge is 2.22. The molecule has 2 N–H and O–H groups in total. The van der Waals surface area contributed by atoms with Gasteiger partial charge in [-0.2, -0.15) is 5.26 Å². The minimum atomic E-state index is -0.348. The van der Waals surface area contributed by atoms with Gasteiger partial charge >= 0.3 is 0 Å². The Kier molecular flexibility index (Phi) is 4.99. The summed E-state index contributed by atoms with van der Waals surface area (Å²) in [6.45, 7) is 3.87. The molecule has 0 bridgehead atoms. The molecule has 0 aliphatic rings.